The maximum absolute atomic E-state index is 12.1. The molecule has 1 aromatic rings. The van der Waals surface area contributed by atoms with E-state index in [4.69, 9.17) is 9.47 Å². The molecule has 1 saturated heterocycles. The summed E-state index contributed by atoms with van der Waals surface area (Å²) >= 11 is 0. The van der Waals surface area contributed by atoms with E-state index in [0.29, 0.717) is 31.9 Å². The molecule has 0 bridgehead atoms. The number of ether oxygens (including phenoxy) is 2. The number of nitro groups is 1. The van der Waals surface area contributed by atoms with Gasteiger partial charge in [-0.3, -0.25) is 19.7 Å². The number of aryl methyl sites for hydroxylation is 1. The summed E-state index contributed by atoms with van der Waals surface area (Å²) in [5, 5.41) is 10.8. The molecular weight excluding hydrogens is 358 g/mol. The maximum atomic E-state index is 12.1. The van der Waals surface area contributed by atoms with Gasteiger partial charge in [0.05, 0.1) is 30.2 Å². The smallest absolute Gasteiger partial charge is 0.338 e. The van der Waals surface area contributed by atoms with E-state index in [1.165, 1.54) is 37.1 Å². The van der Waals surface area contributed by atoms with Crippen LogP contribution in [0.4, 0.5) is 5.69 Å². The zero-order valence-corrected chi connectivity index (χ0v) is 15.2. The van der Waals surface area contributed by atoms with E-state index >= 15 is 0 Å². The summed E-state index contributed by atoms with van der Waals surface area (Å²) < 4.78 is 10.1. The quantitative estimate of drug-likeness (QED) is 0.398. The molecule has 2 amide bonds. The Balaban J connectivity index is 1.85. The van der Waals surface area contributed by atoms with Crippen molar-refractivity contribution < 1.29 is 28.8 Å². The number of esters is 1. The average Bonchev–Trinajstić information content (AvgIpc) is 2.65. The lowest BCUT2D eigenvalue weighted by Crippen LogP contribution is -2.46. The first kappa shape index (κ1) is 20.3. The number of carbonyl (C=O) groups excluding carboxylic acids is 3. The van der Waals surface area contributed by atoms with E-state index < -0.39 is 23.4 Å². The predicted octanol–water partition coefficient (Wildman–Crippen LogP) is 0.377. The van der Waals surface area contributed by atoms with Gasteiger partial charge in [0.15, 0.2) is 6.61 Å². The molecule has 0 atom stereocenters. The van der Waals surface area contributed by atoms with E-state index in [0.717, 1.165) is 0 Å². The molecule has 0 spiro atoms. The van der Waals surface area contributed by atoms with Gasteiger partial charge in [-0.15, -0.1) is 0 Å². The van der Waals surface area contributed by atoms with Gasteiger partial charge in [-0.2, -0.15) is 0 Å². The van der Waals surface area contributed by atoms with Crippen molar-refractivity contribution >= 4 is 23.5 Å². The van der Waals surface area contributed by atoms with Crippen molar-refractivity contribution in [2.75, 3.05) is 46.5 Å². The SMILES string of the molecule is Cc1cc(C(=O)OCC(=O)N(C)CC(=O)N2CCOCC2)ccc1[N+](=O)[O-]. The first-order valence-corrected chi connectivity index (χ1v) is 8.31. The zero-order valence-electron chi connectivity index (χ0n) is 15.2. The number of benzene rings is 1. The molecule has 0 unspecified atom stereocenters. The van der Waals surface area contributed by atoms with Crippen LogP contribution in [0.3, 0.4) is 0 Å². The van der Waals surface area contributed by atoms with Crippen molar-refractivity contribution in [3.05, 3.63) is 39.4 Å². The summed E-state index contributed by atoms with van der Waals surface area (Å²) in [7, 11) is 1.45. The third-order valence-corrected chi connectivity index (χ3v) is 4.12. The van der Waals surface area contributed by atoms with Crippen LogP contribution in [0.5, 0.6) is 0 Å². The number of hydrogen-bond acceptors (Lipinski definition) is 7. The Morgan fingerprint density at radius 1 is 1.30 bits per heavy atom. The summed E-state index contributed by atoms with van der Waals surface area (Å²) in [5.41, 5.74) is 0.316. The standard InChI is InChI=1S/C17H21N3O7/c1-12-9-13(3-4-14(12)20(24)25)17(23)27-11-16(22)18(2)10-15(21)19-5-7-26-8-6-19/h3-4,9H,5-8,10-11H2,1-2H3. The van der Waals surface area contributed by atoms with Crippen LogP contribution >= 0.6 is 0 Å². The van der Waals surface area contributed by atoms with Gasteiger partial charge >= 0.3 is 5.97 Å². The Hall–Kier alpha value is -3.01. The third-order valence-electron chi connectivity index (χ3n) is 4.12. The van der Waals surface area contributed by atoms with E-state index in [9.17, 15) is 24.5 Å². The third kappa shape index (κ3) is 5.48. The maximum Gasteiger partial charge on any atom is 0.338 e. The molecule has 10 nitrogen and oxygen atoms in total. The number of amides is 2. The first-order chi connectivity index (χ1) is 12.8. The van der Waals surface area contributed by atoms with Gasteiger partial charge in [0, 0.05) is 31.8 Å². The molecular formula is C17H21N3O7. The molecule has 0 N–H and O–H groups in total. The van der Waals surface area contributed by atoms with Crippen LogP contribution in [0.25, 0.3) is 0 Å². The highest BCUT2D eigenvalue weighted by atomic mass is 16.6. The number of rotatable bonds is 6. The minimum atomic E-state index is -0.769. The highest BCUT2D eigenvalue weighted by Gasteiger charge is 2.21. The molecule has 1 aliphatic heterocycles. The van der Waals surface area contributed by atoms with Crippen LogP contribution in [0, 0.1) is 17.0 Å². The Kier molecular flexibility index (Phi) is 6.83. The number of hydrogen-bond donors (Lipinski definition) is 0. The molecule has 146 valence electrons. The van der Waals surface area contributed by atoms with Gasteiger partial charge in [0.25, 0.3) is 11.6 Å². The van der Waals surface area contributed by atoms with Crippen molar-refractivity contribution in [1.29, 1.82) is 0 Å². The van der Waals surface area contributed by atoms with Crippen molar-refractivity contribution in [3.8, 4) is 0 Å². The van der Waals surface area contributed by atoms with Gasteiger partial charge in [0.2, 0.25) is 5.91 Å². The number of nitrogens with zero attached hydrogens (tertiary/aromatic N) is 3. The van der Waals surface area contributed by atoms with E-state index in [1.807, 2.05) is 0 Å². The normalized spacial score (nSPS) is 13.8. The first-order valence-electron chi connectivity index (χ1n) is 8.31. The molecule has 10 heteroatoms. The van der Waals surface area contributed by atoms with Crippen LogP contribution in [-0.4, -0.2) is 79.0 Å². The van der Waals surface area contributed by atoms with Crippen LogP contribution in [-0.2, 0) is 19.1 Å². The lowest BCUT2D eigenvalue weighted by atomic mass is 10.1. The van der Waals surface area contributed by atoms with E-state index in [1.54, 1.807) is 4.90 Å². The van der Waals surface area contributed by atoms with Crippen molar-refractivity contribution in [2.24, 2.45) is 0 Å². The van der Waals surface area contributed by atoms with Crippen LogP contribution in [0.2, 0.25) is 0 Å². The number of morpholine rings is 1. The molecule has 27 heavy (non-hydrogen) atoms. The lowest BCUT2D eigenvalue weighted by Gasteiger charge is -2.28. The van der Waals surface area contributed by atoms with E-state index in [-0.39, 0.29) is 23.7 Å². The molecule has 1 heterocycles. The Morgan fingerprint density at radius 2 is 1.96 bits per heavy atom. The second-order valence-corrected chi connectivity index (χ2v) is 6.08. The van der Waals surface area contributed by atoms with Crippen molar-refractivity contribution in [3.63, 3.8) is 0 Å². The number of nitro benzene ring substituents is 1. The van der Waals surface area contributed by atoms with Crippen molar-refractivity contribution in [1.82, 2.24) is 9.80 Å². The highest BCUT2D eigenvalue weighted by Crippen LogP contribution is 2.19. The second kappa shape index (κ2) is 9.08. The average molecular weight is 379 g/mol. The van der Waals surface area contributed by atoms with Crippen LogP contribution in [0.1, 0.15) is 15.9 Å². The zero-order chi connectivity index (χ0) is 20.0. The Labute approximate surface area is 155 Å². The van der Waals surface area contributed by atoms with Crippen LogP contribution < -0.4 is 0 Å². The molecule has 0 aliphatic carbocycles. The predicted molar refractivity (Wildman–Crippen MR) is 93.2 cm³/mol. The van der Waals surface area contributed by atoms with Crippen LogP contribution in [0.15, 0.2) is 18.2 Å². The van der Waals surface area contributed by atoms with Gasteiger partial charge in [0.1, 0.15) is 0 Å². The number of likely N-dealkylation sites (N-methyl/N-ethyl adjacent to an activating group) is 1. The largest absolute Gasteiger partial charge is 0.452 e. The molecule has 1 aromatic carbocycles. The van der Waals surface area contributed by atoms with Gasteiger partial charge in [-0.1, -0.05) is 0 Å². The summed E-state index contributed by atoms with van der Waals surface area (Å²) in [6.07, 6.45) is 0. The topological polar surface area (TPSA) is 119 Å². The molecule has 2 rings (SSSR count). The summed E-state index contributed by atoms with van der Waals surface area (Å²) in [4.78, 5) is 49.3. The molecule has 0 saturated carbocycles. The fourth-order valence-corrected chi connectivity index (χ4v) is 2.51. The highest BCUT2D eigenvalue weighted by molar-refractivity contribution is 5.92. The molecule has 1 fully saturated rings. The fraction of sp³-hybridized carbons (Fsp3) is 0.471. The fourth-order valence-electron chi connectivity index (χ4n) is 2.51. The van der Waals surface area contributed by atoms with Gasteiger partial charge in [-0.05, 0) is 19.1 Å². The second-order valence-electron chi connectivity index (χ2n) is 6.08. The molecule has 0 radical (unpaired) electrons. The van der Waals surface area contributed by atoms with E-state index in [2.05, 4.69) is 0 Å². The molecule has 0 aromatic heterocycles. The van der Waals surface area contributed by atoms with Gasteiger partial charge in [-0.25, -0.2) is 4.79 Å². The minimum absolute atomic E-state index is 0.107. The Morgan fingerprint density at radius 3 is 2.56 bits per heavy atom. The summed E-state index contributed by atoms with van der Waals surface area (Å²) in [6, 6.07) is 3.81. The summed E-state index contributed by atoms with van der Waals surface area (Å²) in [6.45, 7) is 2.76. The minimum Gasteiger partial charge on any atom is -0.452 e. The van der Waals surface area contributed by atoms with Crippen molar-refractivity contribution in [2.45, 2.75) is 6.92 Å². The number of carbonyl (C=O) groups is 3. The molecule has 1 aliphatic rings. The Bertz CT molecular complexity index is 744. The van der Waals surface area contributed by atoms with Gasteiger partial charge < -0.3 is 19.3 Å². The summed E-state index contributed by atoms with van der Waals surface area (Å²) in [5.74, 6) is -1.50. The lowest BCUT2D eigenvalue weighted by molar-refractivity contribution is -0.385. The monoisotopic (exact) mass is 379 g/mol.